The summed E-state index contributed by atoms with van der Waals surface area (Å²) in [5.41, 5.74) is 0.458. The summed E-state index contributed by atoms with van der Waals surface area (Å²) in [6.07, 6.45) is -0.417. The van der Waals surface area contributed by atoms with Crippen molar-refractivity contribution in [3.05, 3.63) is 295 Å². The molecule has 16 rings (SSSR count). The number of carbonyl (C=O) groups excluding carboxylic acids is 5. The number of para-hydroxylation sites is 3. The molecule has 0 radical (unpaired) electrons. The van der Waals surface area contributed by atoms with Gasteiger partial charge in [0.2, 0.25) is 29.7 Å². The van der Waals surface area contributed by atoms with E-state index in [0.29, 0.717) is 22.2 Å². The first-order valence-electron chi connectivity index (χ1n) is 36.9. The molecule has 14 aromatic rings. The van der Waals surface area contributed by atoms with E-state index in [2.05, 4.69) is 67.1 Å². The number of carbonyl (C=O) groups is 5. The van der Waals surface area contributed by atoms with Crippen molar-refractivity contribution in [2.45, 2.75) is 21.1 Å². The third-order valence-electron chi connectivity index (χ3n) is 19.4. The minimum Gasteiger partial charge on any atom is -0.427 e. The van der Waals surface area contributed by atoms with Gasteiger partial charge >= 0.3 is 31.8 Å². The van der Waals surface area contributed by atoms with Crippen molar-refractivity contribution in [2.24, 2.45) is 14.1 Å². The Morgan fingerprint density at radius 3 is 1.34 bits per heavy atom. The molecule has 0 aliphatic heterocycles. The van der Waals surface area contributed by atoms with Gasteiger partial charge in [0.25, 0.3) is 47.9 Å². The monoisotopic (exact) mass is 1860 g/mol. The van der Waals surface area contributed by atoms with Crippen LogP contribution in [0, 0.1) is 0 Å². The van der Waals surface area contributed by atoms with E-state index in [4.69, 9.17) is 42.6 Å². The van der Waals surface area contributed by atoms with Crippen LogP contribution >= 0.6 is 0 Å². The first-order chi connectivity index (χ1) is 61.4. The van der Waals surface area contributed by atoms with Crippen LogP contribution in [0.5, 0.6) is 5.75 Å². The summed E-state index contributed by atoms with van der Waals surface area (Å²) in [6, 6.07) is 54.3. The van der Waals surface area contributed by atoms with E-state index in [1.807, 2.05) is 0 Å². The van der Waals surface area contributed by atoms with Gasteiger partial charge < -0.3 is 51.1 Å². The van der Waals surface area contributed by atoms with Gasteiger partial charge in [-0.15, -0.1) is 37.9 Å². The van der Waals surface area contributed by atoms with E-state index in [-0.39, 0.29) is 167 Å². The van der Waals surface area contributed by atoms with E-state index < -0.39 is 123 Å². The lowest BCUT2D eigenvalue weighted by Crippen LogP contribution is -2.29. The Bertz CT molecular complexity index is 7860. The summed E-state index contributed by atoms with van der Waals surface area (Å²) in [5.74, 6) is -2.99. The van der Waals surface area contributed by atoms with Crippen molar-refractivity contribution in [1.29, 1.82) is 0 Å². The molecule has 0 saturated carbocycles. The van der Waals surface area contributed by atoms with Crippen LogP contribution in [0.4, 0.5) is 69.6 Å². The van der Waals surface area contributed by atoms with Crippen LogP contribution in [0.1, 0.15) is 75.1 Å². The van der Waals surface area contributed by atoms with Crippen molar-refractivity contribution >= 4 is 183 Å². The number of anilines is 12. The summed E-state index contributed by atoms with van der Waals surface area (Å²) in [5, 5.41) is 22.1. The number of ether oxygens (including phenoxy) is 1. The zero-order chi connectivity index (χ0) is 92.7. The molecule has 0 bridgehead atoms. The highest BCUT2D eigenvalue weighted by molar-refractivity contribution is 7.86. The summed E-state index contributed by atoms with van der Waals surface area (Å²) in [6.45, 7) is 0.189. The molecule has 10 aromatic carbocycles. The average molecular weight is 1860 g/mol. The zero-order valence-electron chi connectivity index (χ0n) is 65.7. The number of nitrogens with one attached hydrogen (secondary N) is 7. The first-order valence-corrected chi connectivity index (χ1v) is 44.2. The Balaban J connectivity index is 0.00000112. The van der Waals surface area contributed by atoms with Gasteiger partial charge in [0.05, 0.1) is 65.8 Å². The van der Waals surface area contributed by atoms with Gasteiger partial charge in [0.15, 0.2) is 28.9 Å². The predicted octanol–water partition coefficient (Wildman–Crippen LogP) is 8.74. The number of ketones is 4. The largest absolute Gasteiger partial charge is 0.427 e. The van der Waals surface area contributed by atoms with Crippen LogP contribution < -0.4 is 53.1 Å². The lowest BCUT2D eigenvalue weighted by atomic mass is 9.80. The van der Waals surface area contributed by atoms with E-state index in [9.17, 15) is 72.5 Å². The maximum absolute atomic E-state index is 15.0. The summed E-state index contributed by atoms with van der Waals surface area (Å²) >= 11 is 0. The fourth-order valence-corrected chi connectivity index (χ4v) is 16.1. The van der Waals surface area contributed by atoms with Crippen LogP contribution in [0.15, 0.2) is 243 Å². The third-order valence-corrected chi connectivity index (χ3v) is 22.2. The summed E-state index contributed by atoms with van der Waals surface area (Å²) in [4.78, 5) is 125. The molecule has 47 heteroatoms. The quantitative estimate of drug-likeness (QED) is 0.0105. The smallest absolute Gasteiger partial charge is 0.425 e. The third kappa shape index (κ3) is 20.2. The number of hydrogen-bond acceptors (Lipinski definition) is 36. The van der Waals surface area contributed by atoms with Crippen LogP contribution in [0.25, 0.3) is 44.1 Å². The van der Waals surface area contributed by atoms with Gasteiger partial charge in [-0.05, 0) is 114 Å². The number of aryl methyl sites for hydroxylation is 2. The molecule has 41 nitrogen and oxygen atoms in total. The summed E-state index contributed by atoms with van der Waals surface area (Å²) in [7, 11) is -21.4. The SMILES string of the molecule is Cn1c(=O)c(C(=O)c2ccccc2)c2c3c(c(Nc4ccc(S(=O)(=O)O)c(Cc5nc(NCCNc6nc(Nc7ccccc7)nc(Nc7ccc(S(=O)(=O)O)c(Nc8ccc9c%10c8C(=O)c8ccccc8-c%10c(C(=O)c8cccc(S(=O)(=O)O)c8)c(=O)n9C)c7)n6)nc(Nc6ccccc6OC=O)n5)c4)ccc31)C(=O)c1ccccc1-2.O=S(=O)=O.O=S(=O)=O.O=S(=O)=O. The highest BCUT2D eigenvalue weighted by Crippen LogP contribution is 2.47. The Kier molecular flexibility index (Phi) is 26.6. The van der Waals surface area contributed by atoms with E-state index >= 15 is 0 Å². The van der Waals surface area contributed by atoms with Crippen molar-refractivity contribution in [3.8, 4) is 28.0 Å². The molecule has 129 heavy (non-hydrogen) atoms. The predicted molar refractivity (Wildman–Crippen MR) is 463 cm³/mol. The van der Waals surface area contributed by atoms with Crippen LogP contribution in [-0.2, 0) is 87.5 Å². The van der Waals surface area contributed by atoms with Crippen LogP contribution in [0.3, 0.4) is 0 Å². The van der Waals surface area contributed by atoms with Gasteiger partial charge in [-0.25, -0.2) is 0 Å². The Hall–Kier alpha value is -16.0. The summed E-state index contributed by atoms with van der Waals surface area (Å²) < 4.78 is 193. The fourth-order valence-electron chi connectivity index (χ4n) is 14.3. The second kappa shape index (κ2) is 37.8. The molecule has 0 amide bonds. The Morgan fingerprint density at radius 2 is 0.822 bits per heavy atom. The number of benzene rings is 10. The number of hydrogen-bond donors (Lipinski definition) is 10. The van der Waals surface area contributed by atoms with E-state index in [1.165, 1.54) is 85.4 Å². The average Bonchev–Trinajstić information content (AvgIpc) is 0.710. The fraction of sp³-hybridized carbons (Fsp3) is 0.0610. The second-order valence-corrected chi connectivity index (χ2v) is 32.7. The minimum absolute atomic E-state index is 0.00415. The lowest BCUT2D eigenvalue weighted by Gasteiger charge is -2.26. The lowest BCUT2D eigenvalue weighted by molar-refractivity contribution is -0.120. The Labute approximate surface area is 731 Å². The Morgan fingerprint density at radius 1 is 0.395 bits per heavy atom. The molecule has 4 heterocycles. The molecule has 0 spiro atoms. The number of aromatic nitrogens is 8. The molecule has 0 unspecified atom stereocenters. The van der Waals surface area contributed by atoms with Gasteiger partial charge in [0.1, 0.15) is 10.7 Å². The number of nitrogens with zero attached hydrogens (tertiary/aromatic N) is 8. The molecule has 0 fully saturated rings. The normalized spacial score (nSPS) is 11.6. The molecule has 0 saturated heterocycles. The topological polar surface area (TPSA) is 617 Å². The number of fused-ring (bicyclic) bond motifs is 4. The van der Waals surface area contributed by atoms with Gasteiger partial charge in [0, 0.05) is 94.8 Å². The van der Waals surface area contributed by atoms with Crippen LogP contribution in [-0.4, -0.2) is 159 Å². The molecule has 4 aromatic heterocycles. The molecule has 654 valence electrons. The maximum atomic E-state index is 15.0. The molecule has 10 N–H and O–H groups in total. The van der Waals surface area contributed by atoms with E-state index in [1.54, 1.807) is 127 Å². The highest BCUT2D eigenvalue weighted by Gasteiger charge is 2.37. The number of pyridine rings is 2. The van der Waals surface area contributed by atoms with Gasteiger partial charge in [-0.1, -0.05) is 121 Å². The maximum Gasteiger partial charge on any atom is 0.425 e. The van der Waals surface area contributed by atoms with Gasteiger partial charge in [-0.2, -0.15) is 55.2 Å². The molecular weight excluding hydrogens is 1800 g/mol. The minimum atomic E-state index is -5.08. The van der Waals surface area contributed by atoms with Crippen molar-refractivity contribution in [2.75, 3.05) is 50.3 Å². The highest BCUT2D eigenvalue weighted by atomic mass is 32.2. The molecule has 2 aliphatic carbocycles. The zero-order valence-corrected chi connectivity index (χ0v) is 70.6. The molecule has 2 aliphatic rings. The standard InChI is InChI=1S/C82H59N15O17S3.3O3S/c1-96-58-32-30-55(66-68(58)64(50-22-9-11-24-52(50)74(66)101)70(76(96)103)72(99)43-16-5-3-6-17-43)85-47-28-34-61(116(108,109)110)45(38-47)40-63-90-78(92-82(91-63)89-54-26-13-14-27-60(54)114-42-98)83-36-37-84-79-93-80(86-46-19-7-4-8-20-46)95-81(94-79)87-48-29-35-62(117(111,112)113)57(41-48)88-56-31-33-59-69-65(51-23-10-12-25-53(51)75(102)67(56)69)71(77(104)97(59)2)73(100)44-18-15-21-49(39-44)115(105,106)107;3*1-4(2)3/h3-35,38-39,41-42,85,88H,36-37,40H2,1-2H3,(H,105,106,107)(H,108,109,110)(H,111,112,113)(H2,83,89,90,91,92)(H3,84,86,87,93,94,95);;;. The molecular formula is C82H59N15O26S6. The first kappa shape index (κ1) is 90.7. The number of rotatable bonds is 26. The van der Waals surface area contributed by atoms with Crippen LogP contribution in [0.2, 0.25) is 0 Å². The van der Waals surface area contributed by atoms with Gasteiger partial charge in [-0.3, -0.25) is 47.2 Å². The van der Waals surface area contributed by atoms with Crippen molar-refractivity contribution < 1.29 is 106 Å². The van der Waals surface area contributed by atoms with Crippen molar-refractivity contribution in [3.63, 3.8) is 0 Å². The molecule has 0 atom stereocenters. The van der Waals surface area contributed by atoms with Crippen molar-refractivity contribution in [1.82, 2.24) is 39.0 Å². The van der Waals surface area contributed by atoms with E-state index in [0.717, 1.165) is 28.8 Å². The second-order valence-electron chi connectivity index (χ2n) is 27.3.